The second-order valence-corrected chi connectivity index (χ2v) is 2.95. The molecule has 0 amide bonds. The standard InChI is InChI=1S/2CH5O2P.CH4.Zn/c2*1-4(2)3;;/h2*4H,1H3,(H,2,3);1H4;/q;;;+2/p-2. The van der Waals surface area contributed by atoms with Crippen molar-refractivity contribution in [2.24, 2.45) is 0 Å². The Kier molecular flexibility index (Phi) is 37.1. The van der Waals surface area contributed by atoms with Gasteiger partial charge in [0.1, 0.15) is 0 Å². The quantitative estimate of drug-likeness (QED) is 0.423. The molecule has 0 N–H and O–H groups in total. The minimum atomic E-state index is -2.38. The van der Waals surface area contributed by atoms with Gasteiger partial charge in [0.25, 0.3) is 0 Å². The maximum Gasteiger partial charge on any atom is 2.00 e. The molecule has 0 radical (unpaired) electrons. The van der Waals surface area contributed by atoms with Crippen LogP contribution >= 0.6 is 16.1 Å². The van der Waals surface area contributed by atoms with Gasteiger partial charge in [0.2, 0.25) is 0 Å². The van der Waals surface area contributed by atoms with Crippen molar-refractivity contribution < 1.29 is 38.4 Å². The molecule has 0 aliphatic heterocycles. The van der Waals surface area contributed by atoms with Gasteiger partial charge in [-0.1, -0.05) is 7.43 Å². The van der Waals surface area contributed by atoms with E-state index in [1.165, 1.54) is 0 Å². The molecule has 2 unspecified atom stereocenters. The number of rotatable bonds is 0. The summed E-state index contributed by atoms with van der Waals surface area (Å²) < 4.78 is 18.1. The van der Waals surface area contributed by atoms with E-state index in [0.29, 0.717) is 0 Å². The molecule has 0 rings (SSSR count). The molecule has 7 heteroatoms. The van der Waals surface area contributed by atoms with E-state index in [4.69, 9.17) is 18.9 Å². The van der Waals surface area contributed by atoms with E-state index in [0.717, 1.165) is 13.3 Å². The summed E-state index contributed by atoms with van der Waals surface area (Å²) in [6, 6.07) is 0. The van der Waals surface area contributed by atoms with Crippen LogP contribution in [0.1, 0.15) is 7.43 Å². The summed E-state index contributed by atoms with van der Waals surface area (Å²) in [6.07, 6.45) is 0. The summed E-state index contributed by atoms with van der Waals surface area (Å²) in [5.41, 5.74) is 0. The third kappa shape index (κ3) is 573. The molecule has 0 bridgehead atoms. The molecular weight excluding hydrogens is 227 g/mol. The first-order chi connectivity index (χ1) is 3.46. The Balaban J connectivity index is -0.0000000300. The SMILES string of the molecule is C.C[PH](=O)[O-].C[PH](=O)[O-].[Zn+2]. The van der Waals surface area contributed by atoms with Crippen molar-refractivity contribution >= 4 is 16.1 Å². The molecule has 0 aromatic heterocycles. The third-order valence-electron chi connectivity index (χ3n) is 0. The fraction of sp³-hybridized carbons (Fsp3) is 1.00. The van der Waals surface area contributed by atoms with E-state index in [9.17, 15) is 0 Å². The summed E-state index contributed by atoms with van der Waals surface area (Å²) >= 11 is 0. The second-order valence-electron chi connectivity index (χ2n) is 0.983. The minimum absolute atomic E-state index is 0. The average molecular weight is 239 g/mol. The van der Waals surface area contributed by atoms with Crippen LogP contribution < -0.4 is 9.79 Å². The van der Waals surface area contributed by atoms with Gasteiger partial charge in [0.05, 0.1) is 0 Å². The molecule has 0 saturated carbocycles. The molecule has 60 valence electrons. The first-order valence-electron chi connectivity index (χ1n) is 1.82. The van der Waals surface area contributed by atoms with Gasteiger partial charge >= 0.3 is 19.5 Å². The van der Waals surface area contributed by atoms with Gasteiger partial charge in [-0.3, -0.25) is 0 Å². The van der Waals surface area contributed by atoms with Crippen LogP contribution in [0.3, 0.4) is 0 Å². The molecule has 0 aliphatic carbocycles. The Labute approximate surface area is 75.5 Å². The van der Waals surface area contributed by atoms with Crippen LogP contribution in [0.25, 0.3) is 0 Å². The molecule has 2 atom stereocenters. The van der Waals surface area contributed by atoms with E-state index in [1.807, 2.05) is 0 Å². The summed E-state index contributed by atoms with van der Waals surface area (Å²) in [5, 5.41) is 0. The Hall–Kier alpha value is 1.00. The number of hydrogen-bond acceptors (Lipinski definition) is 4. The van der Waals surface area contributed by atoms with Gasteiger partial charge in [0, 0.05) is 0 Å². The molecule has 0 spiro atoms. The summed E-state index contributed by atoms with van der Waals surface area (Å²) in [6.45, 7) is 2.31. The Morgan fingerprint density at radius 2 is 1.00 bits per heavy atom. The van der Waals surface area contributed by atoms with Crippen LogP contribution in [-0.4, -0.2) is 13.3 Å². The molecule has 0 saturated heterocycles. The molecule has 4 nitrogen and oxygen atoms in total. The maximum absolute atomic E-state index is 9.07. The Morgan fingerprint density at radius 3 is 1.00 bits per heavy atom. The van der Waals surface area contributed by atoms with Crippen LogP contribution in [-0.2, 0) is 28.6 Å². The molecular formula is C3H12O4P2Zn. The first kappa shape index (κ1) is 22.4. The molecule has 0 aromatic rings. The fourth-order valence-corrected chi connectivity index (χ4v) is 0. The molecule has 0 fully saturated rings. The number of hydrogen-bond donors (Lipinski definition) is 0. The first-order valence-corrected chi connectivity index (χ1v) is 5.45. The molecule has 0 heterocycles. The zero-order valence-corrected chi connectivity index (χ0v) is 10.3. The van der Waals surface area contributed by atoms with Gasteiger partial charge in [-0.15, -0.1) is 0 Å². The Bertz CT molecular complexity index is 76.5. The third-order valence-corrected chi connectivity index (χ3v) is 0. The predicted molar refractivity (Wildman–Crippen MR) is 36.6 cm³/mol. The van der Waals surface area contributed by atoms with E-state index >= 15 is 0 Å². The van der Waals surface area contributed by atoms with Crippen LogP contribution in [0.2, 0.25) is 0 Å². The Morgan fingerprint density at radius 1 is 1.00 bits per heavy atom. The van der Waals surface area contributed by atoms with E-state index in [1.54, 1.807) is 0 Å². The van der Waals surface area contributed by atoms with Crippen molar-refractivity contribution in [1.82, 2.24) is 0 Å². The monoisotopic (exact) mass is 238 g/mol. The van der Waals surface area contributed by atoms with E-state index in [-0.39, 0.29) is 26.9 Å². The van der Waals surface area contributed by atoms with Crippen LogP contribution in [0.5, 0.6) is 0 Å². The van der Waals surface area contributed by atoms with Crippen molar-refractivity contribution in [2.75, 3.05) is 13.3 Å². The van der Waals surface area contributed by atoms with Crippen molar-refractivity contribution in [3.05, 3.63) is 0 Å². The van der Waals surface area contributed by atoms with Gasteiger partial charge in [-0.25, -0.2) is 0 Å². The predicted octanol–water partition coefficient (Wildman–Crippen LogP) is -0.464. The normalized spacial score (nSPS) is 12.4. The largest absolute Gasteiger partial charge is 2.00 e. The van der Waals surface area contributed by atoms with Crippen molar-refractivity contribution in [3.63, 3.8) is 0 Å². The minimum Gasteiger partial charge on any atom is -0.802 e. The van der Waals surface area contributed by atoms with Crippen molar-refractivity contribution in [3.8, 4) is 0 Å². The summed E-state index contributed by atoms with van der Waals surface area (Å²) in [7, 11) is -4.76. The van der Waals surface area contributed by atoms with Crippen molar-refractivity contribution in [1.29, 1.82) is 0 Å². The fourth-order valence-electron chi connectivity index (χ4n) is 0. The topological polar surface area (TPSA) is 80.3 Å². The van der Waals surface area contributed by atoms with Crippen LogP contribution in [0.4, 0.5) is 0 Å². The molecule has 0 aliphatic rings. The van der Waals surface area contributed by atoms with Gasteiger partial charge in [-0.2, -0.15) is 0 Å². The zero-order valence-electron chi connectivity index (χ0n) is 5.34. The smallest absolute Gasteiger partial charge is 0.802 e. The van der Waals surface area contributed by atoms with Crippen LogP contribution in [0, 0.1) is 0 Å². The average Bonchev–Trinajstić information content (AvgIpc) is 1.25. The zero-order chi connectivity index (χ0) is 7.15. The van der Waals surface area contributed by atoms with Gasteiger partial charge in [0.15, 0.2) is 0 Å². The molecule has 0 aromatic carbocycles. The summed E-state index contributed by atoms with van der Waals surface area (Å²) in [5.74, 6) is 0. The van der Waals surface area contributed by atoms with Crippen molar-refractivity contribution in [2.45, 2.75) is 7.43 Å². The molecule has 10 heavy (non-hydrogen) atoms. The van der Waals surface area contributed by atoms with E-state index in [2.05, 4.69) is 0 Å². The van der Waals surface area contributed by atoms with Crippen LogP contribution in [0.15, 0.2) is 0 Å². The maximum atomic E-state index is 9.07. The van der Waals surface area contributed by atoms with E-state index < -0.39 is 16.1 Å². The van der Waals surface area contributed by atoms with Gasteiger partial charge < -0.3 is 18.9 Å². The second kappa shape index (κ2) is 16.5. The summed E-state index contributed by atoms with van der Waals surface area (Å²) in [4.78, 5) is 18.1. The van der Waals surface area contributed by atoms with Gasteiger partial charge in [-0.05, 0) is 29.4 Å².